The SMILES string of the molecule is CCOC(=O)c1c(NC(=O)CSC2=C(C#N)C(c3cccs3)C(C(=O)Nc3ccccc3)=C(C)N2)sc2c1CCCC2. The van der Waals surface area contributed by atoms with E-state index in [9.17, 15) is 19.6 Å². The van der Waals surface area contributed by atoms with Gasteiger partial charge in [0.1, 0.15) is 5.00 Å². The van der Waals surface area contributed by atoms with Crippen molar-refractivity contribution in [1.29, 1.82) is 5.26 Å². The van der Waals surface area contributed by atoms with Crippen LogP contribution in [0.2, 0.25) is 0 Å². The molecule has 1 aliphatic heterocycles. The number of thioether (sulfide) groups is 1. The number of anilines is 2. The standard InChI is InChI=1S/C31H30N4O4S3/c1-3-39-31(38)27-20-12-7-8-13-22(20)42-30(27)35-24(36)17-41-29-21(16-32)26(23-14-9-15-40-23)25(18(2)33-29)28(37)34-19-10-5-4-6-11-19/h4-6,9-11,14-15,26,33H,3,7-8,12-13,17H2,1-2H3,(H,34,37)(H,35,36). The van der Waals surface area contributed by atoms with Gasteiger partial charge in [0.25, 0.3) is 5.91 Å². The maximum Gasteiger partial charge on any atom is 0.341 e. The summed E-state index contributed by atoms with van der Waals surface area (Å²) < 4.78 is 5.31. The van der Waals surface area contributed by atoms with Gasteiger partial charge in [0.2, 0.25) is 5.91 Å². The van der Waals surface area contributed by atoms with Crippen LogP contribution in [0.3, 0.4) is 0 Å². The molecule has 1 atom stereocenters. The lowest BCUT2D eigenvalue weighted by atomic mass is 9.86. The number of dihydropyridines is 1. The van der Waals surface area contributed by atoms with Crippen LogP contribution in [0, 0.1) is 11.3 Å². The van der Waals surface area contributed by atoms with Crippen molar-refractivity contribution in [1.82, 2.24) is 5.32 Å². The third kappa shape index (κ3) is 6.31. The van der Waals surface area contributed by atoms with E-state index in [0.29, 0.717) is 38.1 Å². The molecule has 3 heterocycles. The highest BCUT2D eigenvalue weighted by molar-refractivity contribution is 8.03. The maximum atomic E-state index is 13.5. The van der Waals surface area contributed by atoms with Gasteiger partial charge in [-0.15, -0.1) is 22.7 Å². The highest BCUT2D eigenvalue weighted by Gasteiger charge is 2.35. The number of nitrogens with zero attached hydrogens (tertiary/aromatic N) is 1. The predicted octanol–water partition coefficient (Wildman–Crippen LogP) is 6.57. The number of aryl methyl sites for hydroxylation is 1. The van der Waals surface area contributed by atoms with Gasteiger partial charge in [0, 0.05) is 26.7 Å². The third-order valence-electron chi connectivity index (χ3n) is 7.00. The number of para-hydroxylation sites is 1. The highest BCUT2D eigenvalue weighted by Crippen LogP contribution is 2.43. The smallest absolute Gasteiger partial charge is 0.341 e. The Morgan fingerprint density at radius 2 is 1.90 bits per heavy atom. The normalized spacial score (nSPS) is 16.3. The number of esters is 1. The van der Waals surface area contributed by atoms with Crippen molar-refractivity contribution in [2.45, 2.75) is 45.4 Å². The maximum absolute atomic E-state index is 13.5. The van der Waals surface area contributed by atoms with Crippen LogP contribution in [0.5, 0.6) is 0 Å². The van der Waals surface area contributed by atoms with Gasteiger partial charge < -0.3 is 20.7 Å². The summed E-state index contributed by atoms with van der Waals surface area (Å²) in [5.41, 5.74) is 3.54. The molecule has 3 aromatic rings. The van der Waals surface area contributed by atoms with Crippen molar-refractivity contribution >= 4 is 62.9 Å². The van der Waals surface area contributed by atoms with Crippen LogP contribution in [0.1, 0.15) is 58.3 Å². The van der Waals surface area contributed by atoms with Crippen LogP contribution in [-0.2, 0) is 27.2 Å². The predicted molar refractivity (Wildman–Crippen MR) is 169 cm³/mol. The molecule has 42 heavy (non-hydrogen) atoms. The Hall–Kier alpha value is -3.85. The number of hydrogen-bond acceptors (Lipinski definition) is 9. The second kappa shape index (κ2) is 13.4. The summed E-state index contributed by atoms with van der Waals surface area (Å²) in [6, 6.07) is 15.3. The molecule has 2 aliphatic rings. The van der Waals surface area contributed by atoms with Gasteiger partial charge in [0.15, 0.2) is 0 Å². The summed E-state index contributed by atoms with van der Waals surface area (Å²) in [7, 11) is 0. The van der Waals surface area contributed by atoms with E-state index in [0.717, 1.165) is 41.0 Å². The lowest BCUT2D eigenvalue weighted by Gasteiger charge is -2.29. The zero-order valence-corrected chi connectivity index (χ0v) is 25.7. The van der Waals surface area contributed by atoms with E-state index in [-0.39, 0.29) is 24.2 Å². The Morgan fingerprint density at radius 1 is 1.12 bits per heavy atom. The number of carbonyl (C=O) groups excluding carboxylic acids is 3. The first-order chi connectivity index (χ1) is 20.4. The minimum Gasteiger partial charge on any atom is -0.462 e. The van der Waals surface area contributed by atoms with Crippen LogP contribution in [0.4, 0.5) is 10.7 Å². The number of rotatable bonds is 9. The summed E-state index contributed by atoms with van der Waals surface area (Å²) in [6.45, 7) is 3.82. The van der Waals surface area contributed by atoms with Crippen molar-refractivity contribution in [3.8, 4) is 6.07 Å². The molecule has 1 aromatic carbocycles. The summed E-state index contributed by atoms with van der Waals surface area (Å²) >= 11 is 4.11. The molecule has 216 valence electrons. The van der Waals surface area contributed by atoms with Crippen molar-refractivity contribution in [2.24, 2.45) is 0 Å². The average molecular weight is 619 g/mol. The van der Waals surface area contributed by atoms with Gasteiger partial charge in [-0.1, -0.05) is 36.0 Å². The molecular weight excluding hydrogens is 589 g/mol. The molecule has 0 radical (unpaired) electrons. The Kier molecular flexibility index (Phi) is 9.47. The van der Waals surface area contributed by atoms with Gasteiger partial charge in [-0.05, 0) is 68.7 Å². The molecule has 3 N–H and O–H groups in total. The molecule has 8 nitrogen and oxygen atoms in total. The van der Waals surface area contributed by atoms with Crippen molar-refractivity contribution in [2.75, 3.05) is 23.0 Å². The van der Waals surface area contributed by atoms with Crippen LogP contribution in [0.25, 0.3) is 0 Å². The summed E-state index contributed by atoms with van der Waals surface area (Å²) in [4.78, 5) is 41.4. The van der Waals surface area contributed by atoms with Crippen LogP contribution in [-0.4, -0.2) is 30.1 Å². The molecule has 2 aromatic heterocycles. The fraction of sp³-hybridized carbons (Fsp3) is 0.290. The van der Waals surface area contributed by atoms with E-state index in [4.69, 9.17) is 4.74 Å². The minimum atomic E-state index is -0.579. The molecule has 1 aliphatic carbocycles. The Bertz CT molecular complexity index is 1600. The number of thiophene rings is 2. The second-order valence-corrected chi connectivity index (χ2v) is 12.8. The molecular formula is C31H30N4O4S3. The number of nitrogens with one attached hydrogen (secondary N) is 3. The zero-order chi connectivity index (χ0) is 29.6. The molecule has 5 rings (SSSR count). The molecule has 0 saturated heterocycles. The molecule has 11 heteroatoms. The fourth-order valence-electron chi connectivity index (χ4n) is 5.16. The summed E-state index contributed by atoms with van der Waals surface area (Å²) in [5, 5.41) is 22.3. The number of hydrogen-bond donors (Lipinski definition) is 3. The molecule has 0 spiro atoms. The number of fused-ring (bicyclic) bond motifs is 1. The Balaban J connectivity index is 1.37. The number of amides is 2. The largest absolute Gasteiger partial charge is 0.462 e. The monoisotopic (exact) mass is 618 g/mol. The lowest BCUT2D eigenvalue weighted by molar-refractivity contribution is -0.114. The Morgan fingerprint density at radius 3 is 2.62 bits per heavy atom. The van der Waals surface area contributed by atoms with Crippen LogP contribution in [0.15, 0.2) is 69.7 Å². The summed E-state index contributed by atoms with van der Waals surface area (Å²) in [5.74, 6) is -1.58. The van der Waals surface area contributed by atoms with Gasteiger partial charge in [0.05, 0.1) is 40.5 Å². The molecule has 0 fully saturated rings. The number of nitriles is 1. The molecule has 0 bridgehead atoms. The number of carbonyl (C=O) groups is 3. The van der Waals surface area contributed by atoms with Gasteiger partial charge in [-0.2, -0.15) is 5.26 Å². The fourth-order valence-corrected chi connectivity index (χ4v) is 8.19. The first-order valence-electron chi connectivity index (χ1n) is 13.7. The molecule has 2 amide bonds. The third-order valence-corrected chi connectivity index (χ3v) is 10.2. The Labute approximate surface area is 256 Å². The summed E-state index contributed by atoms with van der Waals surface area (Å²) in [6.07, 6.45) is 3.73. The van der Waals surface area contributed by atoms with Gasteiger partial charge in [-0.25, -0.2) is 4.79 Å². The van der Waals surface area contributed by atoms with E-state index < -0.39 is 11.9 Å². The zero-order valence-electron chi connectivity index (χ0n) is 23.2. The number of ether oxygens (including phenoxy) is 1. The second-order valence-electron chi connectivity index (χ2n) is 9.76. The van der Waals surface area contributed by atoms with Crippen LogP contribution >= 0.6 is 34.4 Å². The van der Waals surface area contributed by atoms with Crippen molar-refractivity contribution in [3.63, 3.8) is 0 Å². The van der Waals surface area contributed by atoms with E-state index >= 15 is 0 Å². The first-order valence-corrected chi connectivity index (χ1v) is 16.4. The highest BCUT2D eigenvalue weighted by atomic mass is 32.2. The number of benzene rings is 1. The van der Waals surface area contributed by atoms with Crippen molar-refractivity contribution < 1.29 is 19.1 Å². The van der Waals surface area contributed by atoms with Gasteiger partial charge in [-0.3, -0.25) is 9.59 Å². The minimum absolute atomic E-state index is 0.00826. The lowest BCUT2D eigenvalue weighted by Crippen LogP contribution is -2.30. The first kappa shape index (κ1) is 29.6. The van der Waals surface area contributed by atoms with E-state index in [2.05, 4.69) is 22.0 Å². The topological polar surface area (TPSA) is 120 Å². The van der Waals surface area contributed by atoms with Crippen molar-refractivity contribution in [3.05, 3.63) is 90.6 Å². The van der Waals surface area contributed by atoms with E-state index in [1.54, 1.807) is 13.8 Å². The van der Waals surface area contributed by atoms with E-state index in [1.807, 2.05) is 47.8 Å². The average Bonchev–Trinajstić information content (AvgIpc) is 3.64. The number of allylic oxidation sites excluding steroid dienone is 2. The molecule has 1 unspecified atom stereocenters. The molecule has 0 saturated carbocycles. The van der Waals surface area contributed by atoms with E-state index in [1.165, 1.54) is 34.4 Å². The van der Waals surface area contributed by atoms with Gasteiger partial charge >= 0.3 is 5.97 Å². The quantitative estimate of drug-likeness (QED) is 0.232. The van der Waals surface area contributed by atoms with Crippen LogP contribution < -0.4 is 16.0 Å².